The first-order valence-corrected chi connectivity index (χ1v) is 6.60. The van der Waals surface area contributed by atoms with Crippen molar-refractivity contribution in [2.75, 3.05) is 0 Å². The van der Waals surface area contributed by atoms with Crippen LogP contribution in [0.4, 0.5) is 0 Å². The van der Waals surface area contributed by atoms with Crippen LogP contribution in [0.15, 0.2) is 12.7 Å². The fourth-order valence-electron chi connectivity index (χ4n) is 2.41. The first-order chi connectivity index (χ1) is 8.29. The second-order valence-electron chi connectivity index (χ2n) is 6.04. The molecule has 2 heteroatoms. The van der Waals surface area contributed by atoms with Gasteiger partial charge in [0.15, 0.2) is 6.10 Å². The van der Waals surface area contributed by atoms with E-state index in [-0.39, 0.29) is 22.7 Å². The van der Waals surface area contributed by atoms with E-state index in [1.807, 2.05) is 0 Å². The number of unbranched alkanes of at least 4 members (excludes halogenated alkanes) is 1. The molecule has 1 fully saturated rings. The molecule has 0 amide bonds. The predicted molar refractivity (Wildman–Crippen MR) is 73.8 cm³/mol. The number of hydrogen-bond acceptors (Lipinski definition) is 2. The molecule has 1 atom stereocenters. The molecule has 18 heavy (non-hydrogen) atoms. The molecule has 0 bridgehead atoms. The first-order valence-electron chi connectivity index (χ1n) is 6.60. The van der Waals surface area contributed by atoms with Gasteiger partial charge in [-0.15, -0.1) is 0 Å². The van der Waals surface area contributed by atoms with Gasteiger partial charge in [0.1, 0.15) is 0 Å². The minimum atomic E-state index is -0.476. The highest BCUT2D eigenvalue weighted by Crippen LogP contribution is 2.68. The summed E-state index contributed by atoms with van der Waals surface area (Å²) in [7, 11) is 0. The molecule has 1 rings (SSSR count). The quantitative estimate of drug-likeness (QED) is 0.432. The number of carbonyl (C=O) groups excluding carboxylic acids is 1. The summed E-state index contributed by atoms with van der Waals surface area (Å²) in [5.41, 5.74) is 0.0132. The van der Waals surface area contributed by atoms with Gasteiger partial charge in [-0.05, 0) is 23.3 Å². The van der Waals surface area contributed by atoms with Crippen LogP contribution in [0.2, 0.25) is 0 Å². The van der Waals surface area contributed by atoms with Crippen molar-refractivity contribution in [1.29, 1.82) is 0 Å². The van der Waals surface area contributed by atoms with Gasteiger partial charge in [-0.3, -0.25) is 4.79 Å². The lowest BCUT2D eigenvalue weighted by molar-refractivity contribution is -0.147. The lowest BCUT2D eigenvalue weighted by atomic mass is 10.0. The largest absolute Gasteiger partial charge is 0.445 e. The molecule has 0 aromatic rings. The smallest absolute Gasteiger partial charge is 0.311 e. The van der Waals surface area contributed by atoms with Gasteiger partial charge >= 0.3 is 5.97 Å². The van der Waals surface area contributed by atoms with E-state index in [1.165, 1.54) is 0 Å². The molecule has 1 aliphatic carbocycles. The fraction of sp³-hybridized carbons (Fsp3) is 0.688. The molecule has 2 nitrogen and oxygen atoms in total. The summed E-state index contributed by atoms with van der Waals surface area (Å²) < 4.78 is 5.41. The normalized spacial score (nSPS) is 21.4. The summed E-state index contributed by atoms with van der Waals surface area (Å²) in [6.45, 7) is 14.1. The van der Waals surface area contributed by atoms with Crippen molar-refractivity contribution >= 4 is 5.97 Å². The van der Waals surface area contributed by atoms with E-state index < -0.39 is 6.10 Å². The predicted octanol–water partition coefficient (Wildman–Crippen LogP) is 3.57. The van der Waals surface area contributed by atoms with Crippen molar-refractivity contribution in [1.82, 2.24) is 0 Å². The number of hydrogen-bond donors (Lipinski definition) is 0. The van der Waals surface area contributed by atoms with E-state index in [4.69, 9.17) is 4.74 Å². The molecule has 100 valence electrons. The zero-order chi connectivity index (χ0) is 14.0. The number of carbonyl (C=O) groups is 1. The minimum Gasteiger partial charge on any atom is -0.445 e. The molecule has 0 radical (unpaired) electrons. The Morgan fingerprint density at radius 1 is 1.39 bits per heavy atom. The highest BCUT2D eigenvalue weighted by atomic mass is 16.5. The molecule has 0 saturated heterocycles. The van der Waals surface area contributed by atoms with Crippen LogP contribution in [-0.2, 0) is 9.53 Å². The summed E-state index contributed by atoms with van der Waals surface area (Å²) in [6.07, 6.45) is 2.94. The second kappa shape index (κ2) is 5.18. The highest BCUT2D eigenvalue weighted by molar-refractivity contribution is 5.79. The van der Waals surface area contributed by atoms with Crippen molar-refractivity contribution in [2.45, 2.75) is 53.6 Å². The molecule has 0 aromatic carbocycles. The van der Waals surface area contributed by atoms with Gasteiger partial charge in [0.2, 0.25) is 0 Å². The van der Waals surface area contributed by atoms with Crippen LogP contribution in [0, 0.1) is 28.6 Å². The molecule has 0 aromatic heterocycles. The van der Waals surface area contributed by atoms with E-state index in [0.29, 0.717) is 0 Å². The van der Waals surface area contributed by atoms with Crippen molar-refractivity contribution in [2.24, 2.45) is 16.7 Å². The van der Waals surface area contributed by atoms with Gasteiger partial charge in [0, 0.05) is 6.42 Å². The lowest BCUT2D eigenvalue weighted by Gasteiger charge is -2.09. The Hall–Kier alpha value is -1.23. The van der Waals surface area contributed by atoms with Crippen LogP contribution in [0.3, 0.4) is 0 Å². The average Bonchev–Trinajstić information content (AvgIpc) is 2.68. The monoisotopic (exact) mass is 248 g/mol. The van der Waals surface area contributed by atoms with Crippen molar-refractivity contribution in [3.8, 4) is 11.8 Å². The minimum absolute atomic E-state index is 0.00660. The van der Waals surface area contributed by atoms with E-state index >= 15 is 0 Å². The van der Waals surface area contributed by atoms with E-state index in [2.05, 4.69) is 53.0 Å². The molecule has 1 saturated carbocycles. The Kier molecular flexibility index (Phi) is 4.27. The highest BCUT2D eigenvalue weighted by Gasteiger charge is 2.69. The summed E-state index contributed by atoms with van der Waals surface area (Å²) in [4.78, 5) is 12.1. The SMILES string of the molecule is C=CC(C#CCCC)OC(=O)C1C(C)(C)C1(C)C. The molecule has 0 spiro atoms. The topological polar surface area (TPSA) is 26.3 Å². The van der Waals surface area contributed by atoms with Crippen LogP contribution >= 0.6 is 0 Å². The maximum Gasteiger partial charge on any atom is 0.311 e. The number of esters is 1. The number of rotatable bonds is 4. The second-order valence-corrected chi connectivity index (χ2v) is 6.04. The number of ether oxygens (including phenoxy) is 1. The maximum absolute atomic E-state index is 12.1. The van der Waals surface area contributed by atoms with E-state index in [0.717, 1.165) is 12.8 Å². The first kappa shape index (κ1) is 14.8. The van der Waals surface area contributed by atoms with Gasteiger partial charge in [0.25, 0.3) is 0 Å². The standard InChI is InChI=1S/C16H24O2/c1-7-9-10-11-12(8-2)18-14(17)13-15(3,4)16(13,5)6/h8,12-13H,2,7,9H2,1,3-6H3. The van der Waals surface area contributed by atoms with Gasteiger partial charge in [-0.1, -0.05) is 53.0 Å². The van der Waals surface area contributed by atoms with Crippen LogP contribution in [0.25, 0.3) is 0 Å². The summed E-state index contributed by atoms with van der Waals surface area (Å²) in [6, 6.07) is 0. The Labute approximate surface area is 111 Å². The third-order valence-electron chi connectivity index (χ3n) is 4.33. The third-order valence-corrected chi connectivity index (χ3v) is 4.33. The molecule has 0 N–H and O–H groups in total. The molecule has 1 aliphatic rings. The van der Waals surface area contributed by atoms with E-state index in [1.54, 1.807) is 6.08 Å². The zero-order valence-electron chi connectivity index (χ0n) is 12.2. The third kappa shape index (κ3) is 2.61. The maximum atomic E-state index is 12.1. The van der Waals surface area contributed by atoms with Gasteiger partial charge in [-0.2, -0.15) is 0 Å². The average molecular weight is 248 g/mol. The van der Waals surface area contributed by atoms with E-state index in [9.17, 15) is 4.79 Å². The lowest BCUT2D eigenvalue weighted by Crippen LogP contribution is -2.18. The van der Waals surface area contributed by atoms with Crippen LogP contribution in [-0.4, -0.2) is 12.1 Å². The Morgan fingerprint density at radius 2 is 1.94 bits per heavy atom. The van der Waals surface area contributed by atoms with Gasteiger partial charge < -0.3 is 4.74 Å². The van der Waals surface area contributed by atoms with Gasteiger partial charge in [0.05, 0.1) is 5.92 Å². The van der Waals surface area contributed by atoms with Crippen LogP contribution < -0.4 is 0 Å². The Bertz CT molecular complexity index is 379. The fourth-order valence-corrected chi connectivity index (χ4v) is 2.41. The Balaban J connectivity index is 2.61. The van der Waals surface area contributed by atoms with Crippen LogP contribution in [0.5, 0.6) is 0 Å². The van der Waals surface area contributed by atoms with Crippen molar-refractivity contribution < 1.29 is 9.53 Å². The molecule has 0 aliphatic heterocycles. The summed E-state index contributed by atoms with van der Waals surface area (Å²) >= 11 is 0. The summed E-state index contributed by atoms with van der Waals surface area (Å²) in [5, 5.41) is 0. The molecule has 0 heterocycles. The van der Waals surface area contributed by atoms with Crippen molar-refractivity contribution in [3.05, 3.63) is 12.7 Å². The zero-order valence-corrected chi connectivity index (χ0v) is 12.2. The van der Waals surface area contributed by atoms with Crippen molar-refractivity contribution in [3.63, 3.8) is 0 Å². The molecular formula is C16H24O2. The van der Waals surface area contributed by atoms with Gasteiger partial charge in [-0.25, -0.2) is 0 Å². The summed E-state index contributed by atoms with van der Waals surface area (Å²) in [5.74, 6) is 5.73. The molecular weight excluding hydrogens is 224 g/mol. The Morgan fingerprint density at radius 3 is 2.33 bits per heavy atom. The van der Waals surface area contributed by atoms with Crippen LogP contribution in [0.1, 0.15) is 47.5 Å². The molecule has 1 unspecified atom stereocenters.